The lowest BCUT2D eigenvalue weighted by Crippen LogP contribution is -2.31. The van der Waals surface area contributed by atoms with Crippen LogP contribution in [-0.2, 0) is 11.3 Å². The second-order valence-electron chi connectivity index (χ2n) is 5.64. The van der Waals surface area contributed by atoms with Crippen molar-refractivity contribution in [2.24, 2.45) is 0 Å². The predicted molar refractivity (Wildman–Crippen MR) is 88.5 cm³/mol. The van der Waals surface area contributed by atoms with Gasteiger partial charge in [0.2, 0.25) is 0 Å². The highest BCUT2D eigenvalue weighted by Crippen LogP contribution is 2.15. The Morgan fingerprint density at radius 2 is 1.91 bits per heavy atom. The summed E-state index contributed by atoms with van der Waals surface area (Å²) in [5, 5.41) is 2.91. The van der Waals surface area contributed by atoms with Gasteiger partial charge in [0.1, 0.15) is 12.4 Å². The molecular weight excluding hydrogens is 290 g/mol. The van der Waals surface area contributed by atoms with Crippen molar-refractivity contribution in [1.82, 2.24) is 5.32 Å². The van der Waals surface area contributed by atoms with Gasteiger partial charge >= 0.3 is 0 Å². The van der Waals surface area contributed by atoms with Crippen molar-refractivity contribution >= 4 is 5.91 Å². The maximum atomic E-state index is 12.1. The van der Waals surface area contributed by atoms with Crippen LogP contribution in [0.1, 0.15) is 28.8 Å². The number of carbonyl (C=O) groups is 1. The van der Waals surface area contributed by atoms with Crippen LogP contribution in [0.4, 0.5) is 0 Å². The molecule has 2 aromatic rings. The van der Waals surface area contributed by atoms with Gasteiger partial charge in [-0.25, -0.2) is 0 Å². The van der Waals surface area contributed by atoms with E-state index in [-0.39, 0.29) is 12.0 Å². The zero-order valence-electron chi connectivity index (χ0n) is 13.0. The summed E-state index contributed by atoms with van der Waals surface area (Å²) in [6.45, 7) is 1.89. The Morgan fingerprint density at radius 3 is 2.61 bits per heavy atom. The Bertz CT molecular complexity index is 619. The topological polar surface area (TPSA) is 47.6 Å². The van der Waals surface area contributed by atoms with Crippen molar-refractivity contribution < 1.29 is 14.3 Å². The summed E-state index contributed by atoms with van der Waals surface area (Å²) in [7, 11) is 0. The third-order valence-electron chi connectivity index (χ3n) is 3.88. The zero-order chi connectivity index (χ0) is 15.9. The van der Waals surface area contributed by atoms with Crippen LogP contribution in [0.3, 0.4) is 0 Å². The number of amides is 1. The molecule has 23 heavy (non-hydrogen) atoms. The first-order valence-corrected chi connectivity index (χ1v) is 7.98. The monoisotopic (exact) mass is 311 g/mol. The number of rotatable bonds is 6. The van der Waals surface area contributed by atoms with E-state index in [1.807, 2.05) is 42.5 Å². The lowest BCUT2D eigenvalue weighted by Gasteiger charge is -2.11. The minimum Gasteiger partial charge on any atom is -0.489 e. The van der Waals surface area contributed by atoms with Crippen LogP contribution in [0.25, 0.3) is 0 Å². The summed E-state index contributed by atoms with van der Waals surface area (Å²) in [5.41, 5.74) is 1.75. The fourth-order valence-corrected chi connectivity index (χ4v) is 2.56. The van der Waals surface area contributed by atoms with Crippen LogP contribution in [0.5, 0.6) is 5.75 Å². The second kappa shape index (κ2) is 7.79. The molecule has 1 aliphatic rings. The third-order valence-corrected chi connectivity index (χ3v) is 3.88. The molecule has 0 bridgehead atoms. The van der Waals surface area contributed by atoms with Crippen molar-refractivity contribution in [2.45, 2.75) is 25.6 Å². The maximum absolute atomic E-state index is 12.1. The van der Waals surface area contributed by atoms with Crippen molar-refractivity contribution in [3.8, 4) is 5.75 Å². The molecule has 0 spiro atoms. The molecule has 2 aromatic carbocycles. The standard InChI is InChI=1S/C19H21NO3/c21-19(20-13-18-7-4-12-22-18)16-8-10-17(11-9-16)23-14-15-5-2-1-3-6-15/h1-3,5-6,8-11,18H,4,7,12-14H2,(H,20,21)/t18-/m1/s1. The van der Waals surface area contributed by atoms with Gasteiger partial charge in [-0.3, -0.25) is 4.79 Å². The molecule has 1 aliphatic heterocycles. The van der Waals surface area contributed by atoms with E-state index in [1.54, 1.807) is 12.1 Å². The molecule has 4 nitrogen and oxygen atoms in total. The van der Waals surface area contributed by atoms with Crippen LogP contribution in [0.2, 0.25) is 0 Å². The molecule has 1 saturated heterocycles. The Hall–Kier alpha value is -2.33. The van der Waals surface area contributed by atoms with Gasteiger partial charge in [-0.1, -0.05) is 30.3 Å². The largest absolute Gasteiger partial charge is 0.489 e. The molecule has 1 atom stereocenters. The molecule has 0 aromatic heterocycles. The summed E-state index contributed by atoms with van der Waals surface area (Å²) < 4.78 is 11.2. The van der Waals surface area contributed by atoms with Gasteiger partial charge in [0, 0.05) is 18.7 Å². The van der Waals surface area contributed by atoms with Gasteiger partial charge in [-0.15, -0.1) is 0 Å². The average molecular weight is 311 g/mol. The third kappa shape index (κ3) is 4.57. The Balaban J connectivity index is 1.49. The van der Waals surface area contributed by atoms with Crippen molar-refractivity contribution in [1.29, 1.82) is 0 Å². The molecule has 3 rings (SSSR count). The highest BCUT2D eigenvalue weighted by atomic mass is 16.5. The van der Waals surface area contributed by atoms with Crippen LogP contribution in [0, 0.1) is 0 Å². The SMILES string of the molecule is O=C(NC[C@H]1CCCO1)c1ccc(OCc2ccccc2)cc1. The van der Waals surface area contributed by atoms with Gasteiger partial charge in [0.05, 0.1) is 6.10 Å². The van der Waals surface area contributed by atoms with Crippen molar-refractivity contribution in [3.63, 3.8) is 0 Å². The van der Waals surface area contributed by atoms with Crippen LogP contribution in [-0.4, -0.2) is 25.2 Å². The van der Waals surface area contributed by atoms with Crippen LogP contribution < -0.4 is 10.1 Å². The van der Waals surface area contributed by atoms with Gasteiger partial charge in [0.15, 0.2) is 0 Å². The molecule has 4 heteroatoms. The van der Waals surface area contributed by atoms with E-state index < -0.39 is 0 Å². The number of hydrogen-bond donors (Lipinski definition) is 1. The lowest BCUT2D eigenvalue weighted by atomic mass is 10.2. The molecular formula is C19H21NO3. The van der Waals surface area contributed by atoms with E-state index in [9.17, 15) is 4.79 Å². The van der Waals surface area contributed by atoms with Crippen LogP contribution in [0.15, 0.2) is 54.6 Å². The van der Waals surface area contributed by atoms with Crippen LogP contribution >= 0.6 is 0 Å². The van der Waals surface area contributed by atoms with E-state index in [4.69, 9.17) is 9.47 Å². The minimum absolute atomic E-state index is 0.0740. The van der Waals surface area contributed by atoms with Gasteiger partial charge in [-0.05, 0) is 42.7 Å². The summed E-state index contributed by atoms with van der Waals surface area (Å²) in [6.07, 6.45) is 2.26. The summed E-state index contributed by atoms with van der Waals surface area (Å²) in [6, 6.07) is 17.2. The minimum atomic E-state index is -0.0740. The van der Waals surface area contributed by atoms with Gasteiger partial charge < -0.3 is 14.8 Å². The maximum Gasteiger partial charge on any atom is 0.251 e. The van der Waals surface area contributed by atoms with Crippen molar-refractivity contribution in [3.05, 3.63) is 65.7 Å². The van der Waals surface area contributed by atoms with E-state index >= 15 is 0 Å². The lowest BCUT2D eigenvalue weighted by molar-refractivity contribution is 0.0857. The fourth-order valence-electron chi connectivity index (χ4n) is 2.56. The van der Waals surface area contributed by atoms with Gasteiger partial charge in [0.25, 0.3) is 5.91 Å². The normalized spacial score (nSPS) is 17.0. The number of ether oxygens (including phenoxy) is 2. The van der Waals surface area contributed by atoms with E-state index in [2.05, 4.69) is 5.32 Å². The molecule has 0 saturated carbocycles. The molecule has 1 fully saturated rings. The molecule has 1 amide bonds. The molecule has 1 N–H and O–H groups in total. The first-order chi connectivity index (χ1) is 11.3. The highest BCUT2D eigenvalue weighted by molar-refractivity contribution is 5.94. The molecule has 0 unspecified atom stereocenters. The summed E-state index contributed by atoms with van der Waals surface area (Å²) in [4.78, 5) is 12.1. The first kappa shape index (κ1) is 15.6. The number of hydrogen-bond acceptors (Lipinski definition) is 3. The summed E-state index contributed by atoms with van der Waals surface area (Å²) in [5.74, 6) is 0.680. The molecule has 0 aliphatic carbocycles. The molecule has 1 heterocycles. The number of carbonyl (C=O) groups excluding carboxylic acids is 1. The second-order valence-corrected chi connectivity index (χ2v) is 5.64. The Morgan fingerprint density at radius 1 is 1.13 bits per heavy atom. The Kier molecular flexibility index (Phi) is 5.27. The van der Waals surface area contributed by atoms with E-state index in [0.717, 1.165) is 30.8 Å². The average Bonchev–Trinajstić information content (AvgIpc) is 3.13. The zero-order valence-corrected chi connectivity index (χ0v) is 13.0. The molecule has 0 radical (unpaired) electrons. The summed E-state index contributed by atoms with van der Waals surface area (Å²) >= 11 is 0. The predicted octanol–water partition coefficient (Wildman–Crippen LogP) is 3.17. The highest BCUT2D eigenvalue weighted by Gasteiger charge is 2.16. The van der Waals surface area contributed by atoms with E-state index in [1.165, 1.54) is 0 Å². The quantitative estimate of drug-likeness (QED) is 0.891. The fraction of sp³-hybridized carbons (Fsp3) is 0.316. The Labute approximate surface area is 136 Å². The molecule has 120 valence electrons. The van der Waals surface area contributed by atoms with Crippen molar-refractivity contribution in [2.75, 3.05) is 13.2 Å². The number of nitrogens with one attached hydrogen (secondary N) is 1. The number of benzene rings is 2. The smallest absolute Gasteiger partial charge is 0.251 e. The van der Waals surface area contributed by atoms with E-state index in [0.29, 0.717) is 18.7 Å². The van der Waals surface area contributed by atoms with Gasteiger partial charge in [-0.2, -0.15) is 0 Å². The first-order valence-electron chi connectivity index (χ1n) is 7.98.